The van der Waals surface area contributed by atoms with E-state index in [0.717, 1.165) is 11.3 Å². The molecule has 2 N–H and O–H groups in total. The number of fused-ring (bicyclic) bond motifs is 3. The van der Waals surface area contributed by atoms with Crippen LogP contribution in [0.25, 0.3) is 11.3 Å². The van der Waals surface area contributed by atoms with E-state index in [4.69, 9.17) is 4.74 Å². The van der Waals surface area contributed by atoms with Crippen molar-refractivity contribution >= 4 is 23.1 Å². The van der Waals surface area contributed by atoms with E-state index >= 15 is 0 Å². The molecule has 4 rings (SSSR count). The number of nitro groups is 1. The topological polar surface area (TPSA) is 123 Å². The third-order valence-electron chi connectivity index (χ3n) is 4.16. The van der Waals surface area contributed by atoms with Gasteiger partial charge in [-0.1, -0.05) is 36.0 Å². The molecule has 0 saturated heterocycles. The second-order valence-electron chi connectivity index (χ2n) is 6.04. The third kappa shape index (κ3) is 3.69. The number of aromatic nitrogens is 3. The molecular weight excluding hydrogens is 394 g/mol. The maximum atomic E-state index is 11.2. The molecule has 2 aromatic carbocycles. The second-order valence-corrected chi connectivity index (χ2v) is 7.03. The summed E-state index contributed by atoms with van der Waals surface area (Å²) in [6, 6.07) is 11.5. The fourth-order valence-corrected chi connectivity index (χ4v) is 3.36. The van der Waals surface area contributed by atoms with Crippen LogP contribution in [0.1, 0.15) is 11.8 Å². The van der Waals surface area contributed by atoms with Gasteiger partial charge in [0, 0.05) is 28.6 Å². The molecule has 0 radical (unpaired) electrons. The Morgan fingerprint density at radius 3 is 2.93 bits per heavy atom. The van der Waals surface area contributed by atoms with E-state index in [0.29, 0.717) is 22.2 Å². The summed E-state index contributed by atoms with van der Waals surface area (Å²) in [5, 5.41) is 33.0. The van der Waals surface area contributed by atoms with Crippen molar-refractivity contribution < 1.29 is 14.8 Å². The van der Waals surface area contributed by atoms with Gasteiger partial charge in [0.1, 0.15) is 0 Å². The van der Waals surface area contributed by atoms with E-state index in [1.807, 2.05) is 24.3 Å². The predicted molar refractivity (Wildman–Crippen MR) is 108 cm³/mol. The van der Waals surface area contributed by atoms with Gasteiger partial charge in [0.05, 0.1) is 4.92 Å². The summed E-state index contributed by atoms with van der Waals surface area (Å²) in [6.45, 7) is 3.68. The van der Waals surface area contributed by atoms with Crippen LogP contribution in [-0.2, 0) is 0 Å². The highest BCUT2D eigenvalue weighted by molar-refractivity contribution is 7.99. The number of para-hydroxylation sites is 1. The van der Waals surface area contributed by atoms with Crippen LogP contribution in [-0.4, -0.2) is 31.0 Å². The zero-order chi connectivity index (χ0) is 20.4. The summed E-state index contributed by atoms with van der Waals surface area (Å²) >= 11 is 1.36. The summed E-state index contributed by atoms with van der Waals surface area (Å²) in [4.78, 5) is 15.0. The Hall–Kier alpha value is -3.66. The van der Waals surface area contributed by atoms with Gasteiger partial charge in [0.15, 0.2) is 17.7 Å². The summed E-state index contributed by atoms with van der Waals surface area (Å²) in [6.07, 6.45) is 0.946. The van der Waals surface area contributed by atoms with Crippen LogP contribution in [0, 0.1) is 10.1 Å². The lowest BCUT2D eigenvalue weighted by Crippen LogP contribution is -2.17. The van der Waals surface area contributed by atoms with Gasteiger partial charge in [-0.3, -0.25) is 10.1 Å². The Balaban J connectivity index is 1.81. The molecule has 10 heteroatoms. The van der Waals surface area contributed by atoms with Gasteiger partial charge >= 0.3 is 5.69 Å². The van der Waals surface area contributed by atoms with Crippen molar-refractivity contribution in [2.75, 3.05) is 11.1 Å². The number of anilines is 1. The minimum Gasteiger partial charge on any atom is -0.502 e. The van der Waals surface area contributed by atoms with Crippen molar-refractivity contribution in [1.82, 2.24) is 15.2 Å². The zero-order valence-electron chi connectivity index (χ0n) is 15.0. The minimum absolute atomic E-state index is 0.254. The molecule has 1 aliphatic heterocycles. The number of nitrogens with zero attached hydrogens (tertiary/aromatic N) is 4. The first kappa shape index (κ1) is 18.7. The number of phenolic OH excluding ortho intramolecular Hbond substituents is 1. The van der Waals surface area contributed by atoms with Crippen LogP contribution in [0.2, 0.25) is 0 Å². The number of rotatable bonds is 5. The standard InChI is InChI=1S/C19H15N5O4S/c1-2-9-29-19-21-18-16(22-23-19)12-5-3-4-6-13(12)20-17(28-18)11-7-8-15(25)14(10-11)24(26)27/h2-8,10,17,20,25H,1,9H2. The number of hydrogen-bond donors (Lipinski definition) is 2. The summed E-state index contributed by atoms with van der Waals surface area (Å²) in [7, 11) is 0. The second kappa shape index (κ2) is 7.76. The van der Waals surface area contributed by atoms with Crippen molar-refractivity contribution in [2.45, 2.75) is 11.4 Å². The average Bonchev–Trinajstić information content (AvgIpc) is 2.88. The van der Waals surface area contributed by atoms with E-state index < -0.39 is 22.6 Å². The first-order chi connectivity index (χ1) is 14.1. The quantitative estimate of drug-likeness (QED) is 0.279. The number of phenols is 1. The maximum absolute atomic E-state index is 11.2. The van der Waals surface area contributed by atoms with Gasteiger partial charge in [-0.15, -0.1) is 16.8 Å². The molecule has 2 heterocycles. The van der Waals surface area contributed by atoms with Gasteiger partial charge in [-0.2, -0.15) is 4.98 Å². The molecular formula is C19H15N5O4S. The molecule has 0 spiro atoms. The fraction of sp³-hybridized carbons (Fsp3) is 0.105. The van der Waals surface area contributed by atoms with Crippen molar-refractivity contribution in [3.05, 3.63) is 70.8 Å². The number of ether oxygens (including phenoxy) is 1. The Morgan fingerprint density at radius 1 is 1.31 bits per heavy atom. The summed E-state index contributed by atoms with van der Waals surface area (Å²) < 4.78 is 6.05. The zero-order valence-corrected chi connectivity index (χ0v) is 15.8. The molecule has 29 heavy (non-hydrogen) atoms. The van der Waals surface area contributed by atoms with Crippen LogP contribution in [0.4, 0.5) is 11.4 Å². The Morgan fingerprint density at radius 2 is 2.14 bits per heavy atom. The first-order valence-electron chi connectivity index (χ1n) is 8.55. The largest absolute Gasteiger partial charge is 0.502 e. The monoisotopic (exact) mass is 409 g/mol. The molecule has 146 valence electrons. The van der Waals surface area contributed by atoms with Gasteiger partial charge in [0.25, 0.3) is 0 Å². The molecule has 1 atom stereocenters. The molecule has 0 amide bonds. The highest BCUT2D eigenvalue weighted by Gasteiger charge is 2.27. The number of benzene rings is 2. The molecule has 0 fully saturated rings. The SMILES string of the molecule is C=CCSc1nnc2c(n1)OC(c1ccc(O)c([N+](=O)[O-])c1)Nc1ccccc1-2. The minimum atomic E-state index is -0.786. The van der Waals surface area contributed by atoms with E-state index in [1.165, 1.54) is 23.9 Å². The van der Waals surface area contributed by atoms with Crippen LogP contribution >= 0.6 is 11.8 Å². The van der Waals surface area contributed by atoms with Crippen LogP contribution < -0.4 is 10.1 Å². The van der Waals surface area contributed by atoms with Crippen LogP contribution in [0.5, 0.6) is 11.6 Å². The first-order valence-corrected chi connectivity index (χ1v) is 9.53. The predicted octanol–water partition coefficient (Wildman–Crippen LogP) is 3.93. The summed E-state index contributed by atoms with van der Waals surface area (Å²) in [5.41, 5.74) is 1.98. The third-order valence-corrected chi connectivity index (χ3v) is 5.00. The number of aromatic hydroxyl groups is 1. The van der Waals surface area contributed by atoms with E-state index in [1.54, 1.807) is 12.1 Å². The molecule has 3 aromatic rings. The molecule has 1 aliphatic rings. The smallest absolute Gasteiger partial charge is 0.311 e. The van der Waals surface area contributed by atoms with E-state index in [9.17, 15) is 15.2 Å². The van der Waals surface area contributed by atoms with E-state index in [-0.39, 0.29) is 5.88 Å². The lowest BCUT2D eigenvalue weighted by atomic mass is 10.1. The van der Waals surface area contributed by atoms with Gasteiger partial charge in [-0.25, -0.2) is 0 Å². The number of nitrogens with one attached hydrogen (secondary N) is 1. The molecule has 0 bridgehead atoms. The molecule has 9 nitrogen and oxygen atoms in total. The maximum Gasteiger partial charge on any atom is 0.311 e. The van der Waals surface area contributed by atoms with Crippen molar-refractivity contribution in [2.24, 2.45) is 0 Å². The Labute approximate surface area is 169 Å². The van der Waals surface area contributed by atoms with Gasteiger partial charge in [-0.05, 0) is 18.2 Å². The lowest BCUT2D eigenvalue weighted by Gasteiger charge is -2.19. The van der Waals surface area contributed by atoms with E-state index in [2.05, 4.69) is 27.1 Å². The number of thioether (sulfide) groups is 1. The van der Waals surface area contributed by atoms with Crippen molar-refractivity contribution in [3.63, 3.8) is 0 Å². The van der Waals surface area contributed by atoms with Crippen LogP contribution in [0.3, 0.4) is 0 Å². The molecule has 1 aromatic heterocycles. The summed E-state index contributed by atoms with van der Waals surface area (Å²) in [5.74, 6) is 0.452. The molecule has 1 unspecified atom stereocenters. The van der Waals surface area contributed by atoms with Crippen molar-refractivity contribution in [3.8, 4) is 22.9 Å². The number of nitro benzene ring substituents is 1. The molecule has 0 saturated carbocycles. The van der Waals surface area contributed by atoms with Gasteiger partial charge < -0.3 is 15.2 Å². The highest BCUT2D eigenvalue weighted by Crippen LogP contribution is 2.40. The lowest BCUT2D eigenvalue weighted by molar-refractivity contribution is -0.386. The average molecular weight is 409 g/mol. The normalized spacial score (nSPS) is 14.6. The van der Waals surface area contributed by atoms with Crippen LogP contribution in [0.15, 0.2) is 60.3 Å². The number of hydrogen-bond acceptors (Lipinski definition) is 9. The van der Waals surface area contributed by atoms with Gasteiger partial charge in [0.2, 0.25) is 11.0 Å². The highest BCUT2D eigenvalue weighted by atomic mass is 32.2. The molecule has 0 aliphatic carbocycles. The van der Waals surface area contributed by atoms with Crippen molar-refractivity contribution in [1.29, 1.82) is 0 Å². The fourth-order valence-electron chi connectivity index (χ4n) is 2.84. The Bertz CT molecular complexity index is 1110. The Kier molecular flexibility index (Phi) is 5.00.